The molecule has 2 aromatic rings. The van der Waals surface area contributed by atoms with Crippen LogP contribution in [-0.4, -0.2) is 23.2 Å². The summed E-state index contributed by atoms with van der Waals surface area (Å²) >= 11 is 0. The number of phenolic OH excluding ortho intramolecular Hbond substituents is 1. The van der Waals surface area contributed by atoms with Crippen LogP contribution < -0.4 is 4.90 Å². The zero-order valence-corrected chi connectivity index (χ0v) is 9.83. The first-order valence-electron chi connectivity index (χ1n) is 5.38. The largest absolute Gasteiger partial charge is 0.508 e. The van der Waals surface area contributed by atoms with Gasteiger partial charge in [-0.3, -0.25) is 0 Å². The van der Waals surface area contributed by atoms with Gasteiger partial charge in [0.2, 0.25) is 5.76 Å². The highest BCUT2D eigenvalue weighted by atomic mass is 16.4. The fourth-order valence-corrected chi connectivity index (χ4v) is 1.73. The summed E-state index contributed by atoms with van der Waals surface area (Å²) in [4.78, 5) is 12.7. The molecular formula is C13H13NO4. The molecule has 0 amide bonds. The van der Waals surface area contributed by atoms with E-state index < -0.39 is 5.97 Å². The Morgan fingerprint density at radius 2 is 2.17 bits per heavy atom. The van der Waals surface area contributed by atoms with Gasteiger partial charge in [-0.15, -0.1) is 0 Å². The van der Waals surface area contributed by atoms with E-state index >= 15 is 0 Å². The minimum Gasteiger partial charge on any atom is -0.508 e. The fourth-order valence-electron chi connectivity index (χ4n) is 1.73. The molecule has 18 heavy (non-hydrogen) atoms. The molecular weight excluding hydrogens is 234 g/mol. The molecule has 5 nitrogen and oxygen atoms in total. The Morgan fingerprint density at radius 1 is 1.39 bits per heavy atom. The van der Waals surface area contributed by atoms with Crippen molar-refractivity contribution in [2.45, 2.75) is 6.54 Å². The van der Waals surface area contributed by atoms with Crippen molar-refractivity contribution in [3.8, 4) is 5.75 Å². The molecule has 2 N–H and O–H groups in total. The van der Waals surface area contributed by atoms with Crippen molar-refractivity contribution in [3.05, 3.63) is 47.9 Å². The number of hydrogen-bond acceptors (Lipinski definition) is 4. The lowest BCUT2D eigenvalue weighted by Crippen LogP contribution is -2.17. The molecule has 0 radical (unpaired) electrons. The van der Waals surface area contributed by atoms with Gasteiger partial charge < -0.3 is 19.5 Å². The number of carboxylic acids is 1. The van der Waals surface area contributed by atoms with Crippen molar-refractivity contribution in [3.63, 3.8) is 0 Å². The van der Waals surface area contributed by atoms with Crippen LogP contribution in [0.1, 0.15) is 16.1 Å². The number of hydrogen-bond donors (Lipinski definition) is 2. The van der Waals surface area contributed by atoms with Gasteiger partial charge in [0.25, 0.3) is 0 Å². The number of furan rings is 1. The zero-order chi connectivity index (χ0) is 13.1. The number of carbonyl (C=O) groups is 1. The van der Waals surface area contributed by atoms with Crippen LogP contribution in [0.15, 0.2) is 41.0 Å². The number of nitrogens with zero attached hydrogens (tertiary/aromatic N) is 1. The number of aromatic carboxylic acids is 1. The van der Waals surface area contributed by atoms with E-state index in [0.717, 1.165) is 5.69 Å². The summed E-state index contributed by atoms with van der Waals surface area (Å²) < 4.78 is 4.91. The van der Waals surface area contributed by atoms with E-state index in [1.54, 1.807) is 24.3 Å². The molecule has 0 atom stereocenters. The van der Waals surface area contributed by atoms with Gasteiger partial charge in [-0.2, -0.15) is 0 Å². The molecule has 0 aliphatic heterocycles. The van der Waals surface area contributed by atoms with E-state index in [4.69, 9.17) is 9.52 Å². The van der Waals surface area contributed by atoms with Gasteiger partial charge in [0.05, 0.1) is 6.26 Å². The maximum atomic E-state index is 10.9. The second-order valence-corrected chi connectivity index (χ2v) is 3.96. The van der Waals surface area contributed by atoms with E-state index in [1.807, 2.05) is 18.0 Å². The second kappa shape index (κ2) is 4.83. The minimum absolute atomic E-state index is 0.0537. The predicted octanol–water partition coefficient (Wildman–Crippen LogP) is 2.32. The third kappa shape index (κ3) is 2.45. The Kier molecular flexibility index (Phi) is 3.23. The Hall–Kier alpha value is -2.43. The lowest BCUT2D eigenvalue weighted by atomic mass is 10.2. The quantitative estimate of drug-likeness (QED) is 0.867. The van der Waals surface area contributed by atoms with Gasteiger partial charge >= 0.3 is 5.97 Å². The highest BCUT2D eigenvalue weighted by Gasteiger charge is 2.15. The molecule has 1 aromatic heterocycles. The van der Waals surface area contributed by atoms with E-state index in [2.05, 4.69) is 0 Å². The van der Waals surface area contributed by atoms with E-state index in [0.29, 0.717) is 12.1 Å². The van der Waals surface area contributed by atoms with Gasteiger partial charge in [-0.1, -0.05) is 6.07 Å². The number of phenols is 1. The molecule has 0 spiro atoms. The summed E-state index contributed by atoms with van der Waals surface area (Å²) in [6.45, 7) is 0.390. The van der Waals surface area contributed by atoms with Crippen LogP contribution in [-0.2, 0) is 6.54 Å². The van der Waals surface area contributed by atoms with E-state index in [-0.39, 0.29) is 11.5 Å². The Bertz CT molecular complexity index is 562. The van der Waals surface area contributed by atoms with Gasteiger partial charge in [-0.25, -0.2) is 4.79 Å². The maximum Gasteiger partial charge on any atom is 0.372 e. The van der Waals surface area contributed by atoms with Crippen LogP contribution in [0.2, 0.25) is 0 Å². The van der Waals surface area contributed by atoms with Crippen molar-refractivity contribution in [1.29, 1.82) is 0 Å². The highest BCUT2D eigenvalue weighted by molar-refractivity contribution is 5.86. The maximum absolute atomic E-state index is 10.9. The number of aromatic hydroxyl groups is 1. The van der Waals surface area contributed by atoms with Crippen LogP contribution in [0.5, 0.6) is 5.75 Å². The Balaban J connectivity index is 2.18. The normalized spacial score (nSPS) is 10.3. The standard InChI is InChI=1S/C13H13NO4/c1-14(10-3-2-4-11(15)7-10)8-9-5-6-18-12(9)13(16)17/h2-7,15H,8H2,1H3,(H,16,17). The summed E-state index contributed by atoms with van der Waals surface area (Å²) in [7, 11) is 1.81. The topological polar surface area (TPSA) is 73.9 Å². The van der Waals surface area contributed by atoms with E-state index in [9.17, 15) is 9.90 Å². The number of rotatable bonds is 4. The van der Waals surface area contributed by atoms with Crippen molar-refractivity contribution in [1.82, 2.24) is 0 Å². The first-order valence-corrected chi connectivity index (χ1v) is 5.38. The average Bonchev–Trinajstić information content (AvgIpc) is 2.77. The molecule has 2 rings (SSSR count). The van der Waals surface area contributed by atoms with Gasteiger partial charge in [0, 0.05) is 30.9 Å². The van der Waals surface area contributed by atoms with Gasteiger partial charge in [0.1, 0.15) is 5.75 Å². The summed E-state index contributed by atoms with van der Waals surface area (Å²) in [6.07, 6.45) is 1.36. The summed E-state index contributed by atoms with van der Waals surface area (Å²) in [6, 6.07) is 8.38. The second-order valence-electron chi connectivity index (χ2n) is 3.96. The first-order chi connectivity index (χ1) is 8.58. The monoisotopic (exact) mass is 247 g/mol. The van der Waals surface area contributed by atoms with Crippen LogP contribution >= 0.6 is 0 Å². The zero-order valence-electron chi connectivity index (χ0n) is 9.83. The minimum atomic E-state index is -1.08. The molecule has 0 fully saturated rings. The predicted molar refractivity (Wildman–Crippen MR) is 65.9 cm³/mol. The number of carboxylic acid groups (broad SMARTS) is 1. The smallest absolute Gasteiger partial charge is 0.372 e. The lowest BCUT2D eigenvalue weighted by molar-refractivity contribution is 0.0661. The van der Waals surface area contributed by atoms with Crippen LogP contribution in [0, 0.1) is 0 Å². The highest BCUT2D eigenvalue weighted by Crippen LogP contribution is 2.22. The van der Waals surface area contributed by atoms with Gasteiger partial charge in [0.15, 0.2) is 0 Å². The molecule has 0 aliphatic carbocycles. The third-order valence-corrected chi connectivity index (χ3v) is 2.62. The SMILES string of the molecule is CN(Cc1ccoc1C(=O)O)c1cccc(O)c1. The summed E-state index contributed by atoms with van der Waals surface area (Å²) in [5, 5.41) is 18.3. The summed E-state index contributed by atoms with van der Waals surface area (Å²) in [5.74, 6) is -0.966. The van der Waals surface area contributed by atoms with Crippen molar-refractivity contribution >= 4 is 11.7 Å². The first kappa shape index (κ1) is 12.0. The molecule has 1 aromatic carbocycles. The van der Waals surface area contributed by atoms with Crippen molar-refractivity contribution in [2.24, 2.45) is 0 Å². The molecule has 0 saturated carbocycles. The summed E-state index contributed by atoms with van der Waals surface area (Å²) in [5.41, 5.74) is 1.39. The molecule has 94 valence electrons. The molecule has 0 aliphatic rings. The van der Waals surface area contributed by atoms with Crippen molar-refractivity contribution in [2.75, 3.05) is 11.9 Å². The molecule has 1 heterocycles. The van der Waals surface area contributed by atoms with Crippen LogP contribution in [0.3, 0.4) is 0 Å². The molecule has 0 bridgehead atoms. The van der Waals surface area contributed by atoms with Crippen molar-refractivity contribution < 1.29 is 19.4 Å². The molecule has 0 unspecified atom stereocenters. The van der Waals surface area contributed by atoms with Gasteiger partial charge in [-0.05, 0) is 18.2 Å². The fraction of sp³-hybridized carbons (Fsp3) is 0.154. The average molecular weight is 247 g/mol. The number of benzene rings is 1. The molecule has 5 heteroatoms. The van der Waals surface area contributed by atoms with Crippen LogP contribution in [0.25, 0.3) is 0 Å². The van der Waals surface area contributed by atoms with E-state index in [1.165, 1.54) is 6.26 Å². The third-order valence-electron chi connectivity index (χ3n) is 2.62. The van der Waals surface area contributed by atoms with Crippen LogP contribution in [0.4, 0.5) is 5.69 Å². The number of anilines is 1. The Labute approximate surface area is 104 Å². The Morgan fingerprint density at radius 3 is 2.83 bits per heavy atom. The molecule has 0 saturated heterocycles. The lowest BCUT2D eigenvalue weighted by Gasteiger charge is -2.18.